The molecule has 2 aliphatic rings. The van der Waals surface area contributed by atoms with E-state index in [2.05, 4.69) is 20.7 Å². The van der Waals surface area contributed by atoms with Crippen molar-refractivity contribution in [1.82, 2.24) is 14.8 Å². The zero-order valence-corrected chi connectivity index (χ0v) is 18.9. The van der Waals surface area contributed by atoms with E-state index in [0.29, 0.717) is 58.8 Å². The fourth-order valence-electron chi connectivity index (χ4n) is 4.16. The van der Waals surface area contributed by atoms with Crippen LogP contribution in [0, 0.1) is 0 Å². The number of hydrogen-bond acceptors (Lipinski definition) is 8. The predicted octanol–water partition coefficient (Wildman–Crippen LogP) is 2.87. The summed E-state index contributed by atoms with van der Waals surface area (Å²) in [4.78, 5) is 18.2. The minimum Gasteiger partial charge on any atom is -0.495 e. The van der Waals surface area contributed by atoms with Crippen LogP contribution in [0.25, 0.3) is 0 Å². The average molecular weight is 463 g/mol. The van der Waals surface area contributed by atoms with E-state index in [0.717, 1.165) is 5.56 Å². The molecule has 0 bridgehead atoms. The van der Waals surface area contributed by atoms with Gasteiger partial charge in [-0.05, 0) is 43.2 Å². The van der Waals surface area contributed by atoms with Gasteiger partial charge in [0.2, 0.25) is 12.7 Å². The first kappa shape index (κ1) is 21.8. The van der Waals surface area contributed by atoms with Crippen LogP contribution in [-0.2, 0) is 11.2 Å². The molecule has 3 N–H and O–H groups in total. The van der Waals surface area contributed by atoms with Crippen LogP contribution in [0.1, 0.15) is 30.8 Å². The van der Waals surface area contributed by atoms with Gasteiger partial charge in [0.25, 0.3) is 5.91 Å². The number of ether oxygens (including phenoxy) is 3. The molecule has 3 heterocycles. The summed E-state index contributed by atoms with van der Waals surface area (Å²) in [5.41, 5.74) is 2.50. The molecule has 0 saturated heterocycles. The Morgan fingerprint density at radius 1 is 1.26 bits per heavy atom. The molecule has 0 unspecified atom stereocenters. The Kier molecular flexibility index (Phi) is 5.81. The molecule has 2 aromatic carbocycles. The predicted molar refractivity (Wildman–Crippen MR) is 124 cm³/mol. The molecular formula is C24H25N5O5. The van der Waals surface area contributed by atoms with Crippen molar-refractivity contribution >= 4 is 17.5 Å². The fourth-order valence-corrected chi connectivity index (χ4v) is 4.16. The number of amides is 1. The van der Waals surface area contributed by atoms with Crippen molar-refractivity contribution in [3.63, 3.8) is 0 Å². The highest BCUT2D eigenvalue weighted by molar-refractivity contribution is 6.06. The maximum absolute atomic E-state index is 13.6. The number of nitrogens with one attached hydrogen (secondary N) is 2. The summed E-state index contributed by atoms with van der Waals surface area (Å²) >= 11 is 0. The van der Waals surface area contributed by atoms with E-state index in [9.17, 15) is 9.90 Å². The topological polar surface area (TPSA) is 120 Å². The third-order valence-corrected chi connectivity index (χ3v) is 5.77. The number of anilines is 2. The second-order valence-electron chi connectivity index (χ2n) is 7.96. The number of aromatic nitrogens is 3. The second kappa shape index (κ2) is 9.06. The van der Waals surface area contributed by atoms with Gasteiger partial charge in [0.05, 0.1) is 18.4 Å². The van der Waals surface area contributed by atoms with Crippen molar-refractivity contribution < 1.29 is 24.1 Å². The molecule has 0 saturated carbocycles. The summed E-state index contributed by atoms with van der Waals surface area (Å²) in [6.45, 7) is 2.04. The highest BCUT2D eigenvalue weighted by Gasteiger charge is 2.35. The maximum Gasteiger partial charge on any atom is 0.255 e. The number of para-hydroxylation sites is 2. The minimum absolute atomic E-state index is 0.0483. The Bertz CT molecular complexity index is 1270. The molecule has 0 aliphatic carbocycles. The van der Waals surface area contributed by atoms with Gasteiger partial charge < -0.3 is 30.0 Å². The first-order valence-electron chi connectivity index (χ1n) is 11.0. The lowest BCUT2D eigenvalue weighted by molar-refractivity contribution is -0.113. The first-order valence-corrected chi connectivity index (χ1v) is 11.0. The number of fused-ring (bicyclic) bond motifs is 2. The number of allylic oxidation sites excluding steroid dienone is 1. The Balaban J connectivity index is 1.57. The van der Waals surface area contributed by atoms with Crippen molar-refractivity contribution in [2.24, 2.45) is 0 Å². The molecular weight excluding hydrogens is 438 g/mol. The number of aryl methyl sites for hydroxylation is 1. The van der Waals surface area contributed by atoms with Gasteiger partial charge in [-0.2, -0.15) is 10.1 Å². The minimum atomic E-state index is -0.559. The number of methoxy groups -OCH3 is 1. The van der Waals surface area contributed by atoms with Crippen LogP contribution in [-0.4, -0.2) is 46.3 Å². The Hall–Kier alpha value is -4.05. The third-order valence-electron chi connectivity index (χ3n) is 5.77. The van der Waals surface area contributed by atoms with Crippen molar-refractivity contribution in [1.29, 1.82) is 0 Å². The standard InChI is InChI=1S/C24H25N5O5/c1-14-21(23(31)26-16-6-3-4-7-17(16)32-2)22(15-9-10-18-19(12-15)34-13-33-18)29-24(25-14)27-20(28-29)8-5-11-30/h3-4,6-7,9-10,12,22,30H,5,8,11,13H2,1-2H3,(H,26,31)(H,25,27,28)/t22-/m0/s1. The van der Waals surface area contributed by atoms with Gasteiger partial charge in [0.15, 0.2) is 17.3 Å². The number of rotatable bonds is 7. The molecule has 0 radical (unpaired) electrons. The smallest absolute Gasteiger partial charge is 0.255 e. The van der Waals surface area contributed by atoms with Crippen LogP contribution in [0.3, 0.4) is 0 Å². The fraction of sp³-hybridized carbons (Fsp3) is 0.292. The number of hydrogen-bond donors (Lipinski definition) is 3. The Morgan fingerprint density at radius 3 is 2.91 bits per heavy atom. The second-order valence-corrected chi connectivity index (χ2v) is 7.96. The SMILES string of the molecule is COc1ccccc1NC(=O)C1=C(C)Nc2nc(CCCO)nn2[C@H]1c1ccc2c(c1)OCO2. The summed E-state index contributed by atoms with van der Waals surface area (Å²) in [5, 5.41) is 20.1. The summed E-state index contributed by atoms with van der Waals surface area (Å²) in [7, 11) is 1.56. The van der Waals surface area contributed by atoms with Gasteiger partial charge in [0.1, 0.15) is 11.8 Å². The summed E-state index contributed by atoms with van der Waals surface area (Å²) in [5.74, 6) is 2.64. The molecule has 1 atom stereocenters. The molecule has 176 valence electrons. The Labute approximate surface area is 196 Å². The van der Waals surface area contributed by atoms with Crippen LogP contribution in [0.15, 0.2) is 53.7 Å². The highest BCUT2D eigenvalue weighted by atomic mass is 16.7. The summed E-state index contributed by atoms with van der Waals surface area (Å²) in [6, 6.07) is 12.3. The molecule has 5 rings (SSSR count). The van der Waals surface area contributed by atoms with Gasteiger partial charge in [-0.1, -0.05) is 18.2 Å². The molecule has 2 aliphatic heterocycles. The van der Waals surface area contributed by atoms with E-state index in [4.69, 9.17) is 14.2 Å². The molecule has 1 amide bonds. The lowest BCUT2D eigenvalue weighted by Crippen LogP contribution is -2.31. The first-order chi connectivity index (χ1) is 16.6. The van der Waals surface area contributed by atoms with Crippen molar-refractivity contribution in [2.45, 2.75) is 25.8 Å². The van der Waals surface area contributed by atoms with Crippen molar-refractivity contribution in [3.05, 3.63) is 65.1 Å². The Morgan fingerprint density at radius 2 is 2.09 bits per heavy atom. The van der Waals surface area contributed by atoms with Crippen LogP contribution in [0.5, 0.6) is 17.2 Å². The van der Waals surface area contributed by atoms with E-state index in [1.165, 1.54) is 0 Å². The zero-order valence-electron chi connectivity index (χ0n) is 18.9. The molecule has 3 aromatic rings. The zero-order chi connectivity index (χ0) is 23.7. The van der Waals surface area contributed by atoms with Crippen LogP contribution < -0.4 is 24.8 Å². The normalized spacial score (nSPS) is 16.1. The number of aliphatic hydroxyl groups excluding tert-OH is 1. The van der Waals surface area contributed by atoms with E-state index in [1.54, 1.807) is 23.9 Å². The molecule has 0 fully saturated rings. The van der Waals surface area contributed by atoms with E-state index in [-0.39, 0.29) is 19.3 Å². The highest BCUT2D eigenvalue weighted by Crippen LogP contribution is 2.40. The van der Waals surface area contributed by atoms with Crippen molar-refractivity contribution in [2.75, 3.05) is 31.1 Å². The molecule has 10 heteroatoms. The van der Waals surface area contributed by atoms with Gasteiger partial charge >= 0.3 is 0 Å². The largest absolute Gasteiger partial charge is 0.495 e. The molecule has 10 nitrogen and oxygen atoms in total. The average Bonchev–Trinajstić information content (AvgIpc) is 3.48. The molecule has 0 spiro atoms. The van der Waals surface area contributed by atoms with Crippen LogP contribution >= 0.6 is 0 Å². The van der Waals surface area contributed by atoms with Crippen molar-refractivity contribution in [3.8, 4) is 17.2 Å². The van der Waals surface area contributed by atoms with E-state index < -0.39 is 6.04 Å². The number of carbonyl (C=O) groups excluding carboxylic acids is 1. The van der Waals surface area contributed by atoms with E-state index in [1.807, 2.05) is 37.3 Å². The maximum atomic E-state index is 13.6. The number of benzene rings is 2. The summed E-state index contributed by atoms with van der Waals surface area (Å²) in [6.07, 6.45) is 1.07. The third kappa shape index (κ3) is 3.92. The van der Waals surface area contributed by atoms with Gasteiger partial charge in [-0.25, -0.2) is 4.68 Å². The van der Waals surface area contributed by atoms with Gasteiger partial charge in [0, 0.05) is 18.7 Å². The van der Waals surface area contributed by atoms with E-state index >= 15 is 0 Å². The van der Waals surface area contributed by atoms with Crippen LogP contribution in [0.4, 0.5) is 11.6 Å². The molecule has 34 heavy (non-hydrogen) atoms. The van der Waals surface area contributed by atoms with Gasteiger partial charge in [-0.3, -0.25) is 4.79 Å². The van der Waals surface area contributed by atoms with Gasteiger partial charge in [-0.15, -0.1) is 0 Å². The quantitative estimate of drug-likeness (QED) is 0.489. The van der Waals surface area contributed by atoms with Crippen LogP contribution in [0.2, 0.25) is 0 Å². The monoisotopic (exact) mass is 463 g/mol. The number of carbonyl (C=O) groups is 1. The molecule has 1 aromatic heterocycles. The lowest BCUT2D eigenvalue weighted by atomic mass is 9.94. The number of nitrogens with zero attached hydrogens (tertiary/aromatic N) is 3. The lowest BCUT2D eigenvalue weighted by Gasteiger charge is -2.29. The number of aliphatic hydroxyl groups is 1. The summed E-state index contributed by atoms with van der Waals surface area (Å²) < 4.78 is 18.1.